The van der Waals surface area contributed by atoms with Crippen molar-refractivity contribution in [3.05, 3.63) is 70.8 Å². The van der Waals surface area contributed by atoms with Gasteiger partial charge in [0.15, 0.2) is 11.0 Å². The Labute approximate surface area is 198 Å². The number of aromatic nitrogens is 4. The molecule has 4 rings (SSSR count). The molecule has 0 radical (unpaired) electrons. The predicted octanol–water partition coefficient (Wildman–Crippen LogP) is 5.01. The number of hydrogen-bond donors (Lipinski definition) is 1. The normalized spacial score (nSPS) is 14.9. The molecular weight excluding hydrogens is 442 g/mol. The Morgan fingerprint density at radius 2 is 1.88 bits per heavy atom. The van der Waals surface area contributed by atoms with Crippen molar-refractivity contribution in [2.75, 3.05) is 0 Å². The van der Waals surface area contributed by atoms with Gasteiger partial charge < -0.3 is 9.88 Å². The topological polar surface area (TPSA) is 72.7 Å². The minimum Gasteiger partial charge on any atom is -0.348 e. The maximum Gasteiger partial charge on any atom is 0.231 e. The number of hydrogen-bond acceptors (Lipinski definition) is 5. The van der Waals surface area contributed by atoms with E-state index in [9.17, 15) is 4.79 Å². The number of benzene rings is 1. The van der Waals surface area contributed by atoms with Crippen molar-refractivity contribution in [3.63, 3.8) is 0 Å². The van der Waals surface area contributed by atoms with Gasteiger partial charge in [0.25, 0.3) is 0 Å². The fourth-order valence-electron chi connectivity index (χ4n) is 4.01. The third-order valence-electron chi connectivity index (χ3n) is 5.90. The van der Waals surface area contributed by atoms with E-state index in [-0.39, 0.29) is 5.91 Å². The second kappa shape index (κ2) is 10.0. The third-order valence-corrected chi connectivity index (χ3v) is 7.19. The summed E-state index contributed by atoms with van der Waals surface area (Å²) in [6.45, 7) is 5.51. The molecular formula is C24H28ClN5OS. The second-order valence-corrected chi connectivity index (χ2v) is 10.1. The molecule has 168 valence electrons. The molecule has 1 saturated carbocycles. The molecule has 0 atom stereocenters. The van der Waals surface area contributed by atoms with Crippen molar-refractivity contribution >= 4 is 29.3 Å². The Hall–Kier alpha value is -2.38. The van der Waals surface area contributed by atoms with Crippen molar-refractivity contribution in [3.8, 4) is 0 Å². The first-order valence-electron chi connectivity index (χ1n) is 11.0. The van der Waals surface area contributed by atoms with Gasteiger partial charge in [-0.15, -0.1) is 10.2 Å². The van der Waals surface area contributed by atoms with Crippen molar-refractivity contribution in [1.82, 2.24) is 25.1 Å². The first-order valence-corrected chi connectivity index (χ1v) is 12.3. The molecule has 0 spiro atoms. The lowest BCUT2D eigenvalue weighted by Gasteiger charge is -2.40. The summed E-state index contributed by atoms with van der Waals surface area (Å²) in [5.74, 6) is 2.07. The second-order valence-electron chi connectivity index (χ2n) is 8.67. The number of carbonyl (C=O) groups excluding carboxylic acids is 1. The molecule has 6 nitrogen and oxygen atoms in total. The Morgan fingerprint density at radius 1 is 1.16 bits per heavy atom. The summed E-state index contributed by atoms with van der Waals surface area (Å²) in [7, 11) is 0. The number of carbonyl (C=O) groups is 1. The van der Waals surface area contributed by atoms with Gasteiger partial charge in [0.05, 0.1) is 12.0 Å². The van der Waals surface area contributed by atoms with E-state index < -0.39 is 5.41 Å². The molecule has 32 heavy (non-hydrogen) atoms. The highest BCUT2D eigenvalue weighted by Gasteiger charge is 2.45. The highest BCUT2D eigenvalue weighted by Crippen LogP contribution is 2.44. The molecule has 1 amide bonds. The van der Waals surface area contributed by atoms with E-state index in [1.165, 1.54) is 5.56 Å². The number of amides is 1. The molecule has 1 fully saturated rings. The number of thioether (sulfide) groups is 1. The smallest absolute Gasteiger partial charge is 0.231 e. The molecule has 2 aromatic heterocycles. The van der Waals surface area contributed by atoms with Gasteiger partial charge in [-0.05, 0) is 54.2 Å². The molecule has 2 heterocycles. The van der Waals surface area contributed by atoms with E-state index in [0.29, 0.717) is 17.5 Å². The van der Waals surface area contributed by atoms with Gasteiger partial charge in [-0.3, -0.25) is 9.78 Å². The van der Waals surface area contributed by atoms with E-state index in [4.69, 9.17) is 11.6 Å². The van der Waals surface area contributed by atoms with Crippen molar-refractivity contribution in [1.29, 1.82) is 0 Å². The number of rotatable bonds is 9. The van der Waals surface area contributed by atoms with E-state index >= 15 is 0 Å². The van der Waals surface area contributed by atoms with Crippen molar-refractivity contribution < 1.29 is 4.79 Å². The summed E-state index contributed by atoms with van der Waals surface area (Å²) in [6, 6.07) is 11.7. The summed E-state index contributed by atoms with van der Waals surface area (Å²) >= 11 is 7.70. The van der Waals surface area contributed by atoms with Crippen LogP contribution in [0, 0.1) is 5.92 Å². The third kappa shape index (κ3) is 4.99. The molecule has 0 aliphatic heterocycles. The Balaban J connectivity index is 1.46. The number of nitrogens with one attached hydrogen (secondary N) is 1. The summed E-state index contributed by atoms with van der Waals surface area (Å²) in [4.78, 5) is 17.3. The summed E-state index contributed by atoms with van der Waals surface area (Å²) in [5.41, 5.74) is 1.75. The summed E-state index contributed by atoms with van der Waals surface area (Å²) < 4.78 is 2.13. The zero-order valence-corrected chi connectivity index (χ0v) is 20.0. The molecule has 1 aromatic carbocycles. The van der Waals surface area contributed by atoms with Crippen LogP contribution in [0.1, 0.15) is 50.1 Å². The van der Waals surface area contributed by atoms with Gasteiger partial charge in [0, 0.05) is 29.7 Å². The number of nitrogens with zero attached hydrogens (tertiary/aromatic N) is 4. The molecule has 0 saturated heterocycles. The fourth-order valence-corrected chi connectivity index (χ4v) is 5.06. The van der Waals surface area contributed by atoms with Crippen LogP contribution in [0.25, 0.3) is 0 Å². The molecule has 8 heteroatoms. The van der Waals surface area contributed by atoms with Crippen LogP contribution >= 0.6 is 23.4 Å². The summed E-state index contributed by atoms with van der Waals surface area (Å²) in [5, 5.41) is 13.5. The standard InChI is InChI=1S/C24H28ClN5OS/c1-17(2)15-30-21(28-29-23(30)32-16-18-8-12-26-13-9-18)14-27-22(31)24(10-3-11-24)19-4-6-20(25)7-5-19/h4-9,12-13,17H,3,10-11,14-16H2,1-2H3,(H,27,31). The van der Waals surface area contributed by atoms with Gasteiger partial charge in [0.1, 0.15) is 0 Å². The van der Waals surface area contributed by atoms with Crippen molar-refractivity contribution in [2.24, 2.45) is 5.92 Å². The van der Waals surface area contributed by atoms with Crippen LogP contribution in [-0.2, 0) is 29.1 Å². The molecule has 1 N–H and O–H groups in total. The first kappa shape index (κ1) is 22.8. The monoisotopic (exact) mass is 469 g/mol. The van der Waals surface area contributed by atoms with Crippen molar-refractivity contribution in [2.45, 2.75) is 62.5 Å². The largest absolute Gasteiger partial charge is 0.348 e. The molecule has 0 unspecified atom stereocenters. The molecule has 3 aromatic rings. The molecule has 1 aliphatic rings. The lowest BCUT2D eigenvalue weighted by Crippen LogP contribution is -2.49. The van der Waals surface area contributed by atoms with E-state index in [1.807, 2.05) is 36.4 Å². The zero-order valence-electron chi connectivity index (χ0n) is 18.4. The van der Waals surface area contributed by atoms with Crippen LogP contribution in [0.5, 0.6) is 0 Å². The Bertz CT molecular complexity index is 1050. The average molecular weight is 470 g/mol. The maximum absolute atomic E-state index is 13.2. The van der Waals surface area contributed by atoms with Crippen LogP contribution in [0.4, 0.5) is 0 Å². The van der Waals surface area contributed by atoms with Gasteiger partial charge in [-0.1, -0.05) is 55.8 Å². The molecule has 1 aliphatic carbocycles. The zero-order chi connectivity index (χ0) is 22.6. The van der Waals surface area contributed by atoms with E-state index in [2.05, 4.69) is 38.9 Å². The van der Waals surface area contributed by atoms with Crippen LogP contribution < -0.4 is 5.32 Å². The Morgan fingerprint density at radius 3 is 2.50 bits per heavy atom. The lowest BCUT2D eigenvalue weighted by molar-refractivity contribution is -0.130. The van der Waals surface area contributed by atoms with Gasteiger partial charge in [-0.25, -0.2) is 0 Å². The lowest BCUT2D eigenvalue weighted by atomic mass is 9.64. The van der Waals surface area contributed by atoms with Crippen LogP contribution in [0.15, 0.2) is 53.9 Å². The van der Waals surface area contributed by atoms with Crippen LogP contribution in [-0.4, -0.2) is 25.7 Å². The average Bonchev–Trinajstić information content (AvgIpc) is 3.13. The Kier molecular flexibility index (Phi) is 7.16. The molecule has 0 bridgehead atoms. The maximum atomic E-state index is 13.2. The quantitative estimate of drug-likeness (QED) is 0.446. The number of halogens is 1. The van der Waals surface area contributed by atoms with Gasteiger partial charge in [-0.2, -0.15) is 0 Å². The van der Waals surface area contributed by atoms with E-state index in [0.717, 1.165) is 48.1 Å². The predicted molar refractivity (Wildman–Crippen MR) is 127 cm³/mol. The number of pyridine rings is 1. The highest BCUT2D eigenvalue weighted by atomic mass is 35.5. The minimum atomic E-state index is -0.466. The van der Waals surface area contributed by atoms with Gasteiger partial charge >= 0.3 is 0 Å². The van der Waals surface area contributed by atoms with Gasteiger partial charge in [0.2, 0.25) is 5.91 Å². The fraction of sp³-hybridized carbons (Fsp3) is 0.417. The highest BCUT2D eigenvalue weighted by molar-refractivity contribution is 7.98. The summed E-state index contributed by atoms with van der Waals surface area (Å²) in [6.07, 6.45) is 6.35. The van der Waals surface area contributed by atoms with Crippen LogP contribution in [0.3, 0.4) is 0 Å². The van der Waals surface area contributed by atoms with E-state index in [1.54, 1.807) is 24.2 Å². The minimum absolute atomic E-state index is 0.0520. The SMILES string of the molecule is CC(C)Cn1c(CNC(=O)C2(c3ccc(Cl)cc3)CCC2)nnc1SCc1ccncc1. The van der Waals surface area contributed by atoms with Crippen LogP contribution in [0.2, 0.25) is 5.02 Å². The first-order chi connectivity index (χ1) is 15.5.